The zero-order valence-electron chi connectivity index (χ0n) is 10.0. The lowest BCUT2D eigenvalue weighted by Crippen LogP contribution is -2.12. The summed E-state index contributed by atoms with van der Waals surface area (Å²) in [6.07, 6.45) is 3.77. The summed E-state index contributed by atoms with van der Waals surface area (Å²) in [7, 11) is 0. The van der Waals surface area contributed by atoms with Crippen LogP contribution in [0, 0.1) is 5.92 Å². The van der Waals surface area contributed by atoms with Gasteiger partial charge in [-0.1, -0.05) is 26.0 Å². The van der Waals surface area contributed by atoms with Crippen molar-refractivity contribution in [1.29, 1.82) is 0 Å². The van der Waals surface area contributed by atoms with Gasteiger partial charge in [-0.2, -0.15) is 0 Å². The lowest BCUT2D eigenvalue weighted by atomic mass is 10.2. The highest BCUT2D eigenvalue weighted by atomic mass is 79.9. The second-order valence-corrected chi connectivity index (χ2v) is 5.20. The molecule has 0 atom stereocenters. The molecule has 0 aliphatic rings. The van der Waals surface area contributed by atoms with Gasteiger partial charge in [0.05, 0.1) is 5.69 Å². The van der Waals surface area contributed by atoms with Crippen molar-refractivity contribution in [2.45, 2.75) is 13.8 Å². The number of nitrogens with one attached hydrogen (secondary N) is 1. The van der Waals surface area contributed by atoms with Crippen LogP contribution in [0.2, 0.25) is 0 Å². The van der Waals surface area contributed by atoms with Crippen LogP contribution in [0.3, 0.4) is 0 Å². The lowest BCUT2D eigenvalue weighted by molar-refractivity contribution is 0.683. The maximum atomic E-state index is 4.34. The molecule has 2 rings (SSSR count). The fourth-order valence-corrected chi connectivity index (χ4v) is 2.05. The van der Waals surface area contributed by atoms with Gasteiger partial charge in [0, 0.05) is 23.4 Å². The van der Waals surface area contributed by atoms with Gasteiger partial charge in [0.1, 0.15) is 0 Å². The normalized spacial score (nSPS) is 10.8. The fraction of sp³-hybridized carbons (Fsp3) is 0.308. The maximum Gasteiger partial charge on any atom is 0.207 e. The van der Waals surface area contributed by atoms with Gasteiger partial charge in [-0.05, 0) is 34.0 Å². The molecule has 0 aliphatic carbocycles. The average molecular weight is 294 g/mol. The SMILES string of the molecule is CC(C)CNc1nccn1-c1ccccc1Br. The van der Waals surface area contributed by atoms with Gasteiger partial charge >= 0.3 is 0 Å². The van der Waals surface area contributed by atoms with Crippen LogP contribution in [0.5, 0.6) is 0 Å². The van der Waals surface area contributed by atoms with Crippen LogP contribution in [-0.4, -0.2) is 16.1 Å². The molecule has 1 N–H and O–H groups in total. The first-order chi connectivity index (χ1) is 8.18. The van der Waals surface area contributed by atoms with Crippen molar-refractivity contribution in [3.63, 3.8) is 0 Å². The second-order valence-electron chi connectivity index (χ2n) is 4.35. The van der Waals surface area contributed by atoms with E-state index in [2.05, 4.69) is 46.1 Å². The van der Waals surface area contributed by atoms with E-state index < -0.39 is 0 Å². The second kappa shape index (κ2) is 5.36. The highest BCUT2D eigenvalue weighted by Gasteiger charge is 2.07. The third-order valence-corrected chi connectivity index (χ3v) is 3.09. The van der Waals surface area contributed by atoms with Gasteiger partial charge in [0.15, 0.2) is 0 Å². The number of halogens is 1. The van der Waals surface area contributed by atoms with E-state index in [4.69, 9.17) is 0 Å². The van der Waals surface area contributed by atoms with Crippen molar-refractivity contribution in [2.75, 3.05) is 11.9 Å². The van der Waals surface area contributed by atoms with Crippen LogP contribution in [0.1, 0.15) is 13.8 Å². The van der Waals surface area contributed by atoms with Crippen LogP contribution >= 0.6 is 15.9 Å². The zero-order valence-corrected chi connectivity index (χ0v) is 11.6. The first-order valence-corrected chi connectivity index (χ1v) is 6.50. The molecule has 0 unspecified atom stereocenters. The third-order valence-electron chi connectivity index (χ3n) is 2.42. The number of hydrogen-bond donors (Lipinski definition) is 1. The first-order valence-electron chi connectivity index (χ1n) is 5.70. The smallest absolute Gasteiger partial charge is 0.207 e. The van der Waals surface area contributed by atoms with E-state index in [9.17, 15) is 0 Å². The van der Waals surface area contributed by atoms with E-state index in [1.54, 1.807) is 0 Å². The van der Waals surface area contributed by atoms with Gasteiger partial charge in [-0.25, -0.2) is 4.98 Å². The number of para-hydroxylation sites is 1. The van der Waals surface area contributed by atoms with Gasteiger partial charge in [-0.3, -0.25) is 4.57 Å². The molecule has 1 heterocycles. The van der Waals surface area contributed by atoms with E-state index in [1.165, 1.54) is 0 Å². The molecule has 0 fully saturated rings. The Kier molecular flexibility index (Phi) is 3.84. The quantitative estimate of drug-likeness (QED) is 0.931. The minimum Gasteiger partial charge on any atom is -0.355 e. The molecule has 4 heteroatoms. The largest absolute Gasteiger partial charge is 0.355 e. The molecular formula is C13H16BrN3. The number of benzene rings is 1. The molecule has 90 valence electrons. The molecule has 0 radical (unpaired) electrons. The van der Waals surface area contributed by atoms with Crippen molar-refractivity contribution in [1.82, 2.24) is 9.55 Å². The lowest BCUT2D eigenvalue weighted by Gasteiger charge is -2.12. The topological polar surface area (TPSA) is 29.9 Å². The molecule has 17 heavy (non-hydrogen) atoms. The summed E-state index contributed by atoms with van der Waals surface area (Å²) >= 11 is 3.56. The van der Waals surface area contributed by atoms with Crippen LogP contribution < -0.4 is 5.32 Å². The Morgan fingerprint density at radius 2 is 2.12 bits per heavy atom. The van der Waals surface area contributed by atoms with Gasteiger partial charge in [0.2, 0.25) is 5.95 Å². The number of nitrogens with zero attached hydrogens (tertiary/aromatic N) is 2. The third kappa shape index (κ3) is 2.88. The highest BCUT2D eigenvalue weighted by molar-refractivity contribution is 9.10. The summed E-state index contributed by atoms with van der Waals surface area (Å²) in [5.41, 5.74) is 1.09. The van der Waals surface area contributed by atoms with E-state index in [1.807, 2.05) is 35.2 Å². The molecule has 1 aromatic heterocycles. The molecule has 3 nitrogen and oxygen atoms in total. The Bertz CT molecular complexity index is 491. The van der Waals surface area contributed by atoms with Gasteiger partial charge < -0.3 is 5.32 Å². The predicted octanol–water partition coefficient (Wildman–Crippen LogP) is 3.70. The fourth-order valence-electron chi connectivity index (χ4n) is 1.57. The van der Waals surface area contributed by atoms with Crippen LogP contribution in [0.15, 0.2) is 41.1 Å². The summed E-state index contributed by atoms with van der Waals surface area (Å²) in [6.45, 7) is 5.28. The molecule has 1 aromatic carbocycles. The van der Waals surface area contributed by atoms with Crippen molar-refractivity contribution >= 4 is 21.9 Å². The van der Waals surface area contributed by atoms with E-state index in [0.717, 1.165) is 22.7 Å². The summed E-state index contributed by atoms with van der Waals surface area (Å²) in [5, 5.41) is 3.35. The van der Waals surface area contributed by atoms with Gasteiger partial charge in [-0.15, -0.1) is 0 Å². The predicted molar refractivity (Wildman–Crippen MR) is 74.6 cm³/mol. The van der Waals surface area contributed by atoms with Crippen LogP contribution in [0.4, 0.5) is 5.95 Å². The summed E-state index contributed by atoms with van der Waals surface area (Å²) in [4.78, 5) is 4.34. The number of aromatic nitrogens is 2. The molecule has 0 bridgehead atoms. The summed E-state index contributed by atoms with van der Waals surface area (Å²) in [6, 6.07) is 8.12. The van der Waals surface area contributed by atoms with Gasteiger partial charge in [0.25, 0.3) is 0 Å². The van der Waals surface area contributed by atoms with Crippen LogP contribution in [0.25, 0.3) is 5.69 Å². The minimum atomic E-state index is 0.597. The molecule has 0 saturated carbocycles. The Balaban J connectivity index is 2.28. The highest BCUT2D eigenvalue weighted by Crippen LogP contribution is 2.23. The number of rotatable bonds is 4. The molecule has 0 amide bonds. The standard InChI is InChI=1S/C13H16BrN3/c1-10(2)9-16-13-15-7-8-17(13)12-6-4-3-5-11(12)14/h3-8,10H,9H2,1-2H3,(H,15,16). The molecule has 0 spiro atoms. The van der Waals surface area contributed by atoms with Crippen molar-refractivity contribution in [3.8, 4) is 5.69 Å². The van der Waals surface area contributed by atoms with E-state index >= 15 is 0 Å². The average Bonchev–Trinajstić information content (AvgIpc) is 2.75. The van der Waals surface area contributed by atoms with Crippen molar-refractivity contribution in [3.05, 3.63) is 41.1 Å². The molecular weight excluding hydrogens is 278 g/mol. The Morgan fingerprint density at radius 1 is 1.35 bits per heavy atom. The molecule has 2 aromatic rings. The maximum absolute atomic E-state index is 4.34. The Hall–Kier alpha value is -1.29. The number of imidazole rings is 1. The summed E-state index contributed by atoms with van der Waals surface area (Å²) < 4.78 is 3.11. The van der Waals surface area contributed by atoms with E-state index in [0.29, 0.717) is 5.92 Å². The molecule has 0 saturated heterocycles. The number of anilines is 1. The summed E-state index contributed by atoms with van der Waals surface area (Å²) in [5.74, 6) is 1.48. The number of hydrogen-bond acceptors (Lipinski definition) is 2. The van der Waals surface area contributed by atoms with Crippen molar-refractivity contribution < 1.29 is 0 Å². The Labute approximate surface area is 110 Å². The van der Waals surface area contributed by atoms with Crippen LogP contribution in [-0.2, 0) is 0 Å². The monoisotopic (exact) mass is 293 g/mol. The molecule has 0 aliphatic heterocycles. The Morgan fingerprint density at radius 3 is 2.82 bits per heavy atom. The van der Waals surface area contributed by atoms with E-state index in [-0.39, 0.29) is 0 Å². The first kappa shape index (κ1) is 12.2. The zero-order chi connectivity index (χ0) is 12.3. The minimum absolute atomic E-state index is 0.597. The van der Waals surface area contributed by atoms with Crippen molar-refractivity contribution in [2.24, 2.45) is 5.92 Å².